The van der Waals surface area contributed by atoms with E-state index in [-0.39, 0.29) is 29.4 Å². The van der Waals surface area contributed by atoms with E-state index in [9.17, 15) is 0 Å². The SMILES string of the molecule is CCNC(=NCC(C)(C)c1ccc(OC)cc1)NCCc1csc(C)n1.I. The third kappa shape index (κ3) is 7.65. The van der Waals surface area contributed by atoms with Gasteiger partial charge in [-0.3, -0.25) is 4.99 Å². The number of aromatic nitrogens is 1. The molecule has 1 heterocycles. The summed E-state index contributed by atoms with van der Waals surface area (Å²) in [4.78, 5) is 9.29. The Morgan fingerprint density at radius 3 is 2.48 bits per heavy atom. The third-order valence-corrected chi connectivity index (χ3v) is 5.01. The first-order chi connectivity index (χ1) is 12.4. The highest BCUT2D eigenvalue weighted by atomic mass is 127. The molecule has 1 aromatic heterocycles. The van der Waals surface area contributed by atoms with E-state index in [0.717, 1.165) is 41.9 Å². The van der Waals surface area contributed by atoms with Crippen LogP contribution in [-0.4, -0.2) is 37.7 Å². The number of nitrogens with one attached hydrogen (secondary N) is 2. The number of aliphatic imine (C=N–C) groups is 1. The molecule has 2 rings (SSSR count). The molecule has 0 unspecified atom stereocenters. The van der Waals surface area contributed by atoms with E-state index in [2.05, 4.69) is 53.9 Å². The van der Waals surface area contributed by atoms with Gasteiger partial charge in [-0.05, 0) is 31.5 Å². The minimum Gasteiger partial charge on any atom is -0.497 e. The van der Waals surface area contributed by atoms with Gasteiger partial charge in [-0.25, -0.2) is 4.98 Å². The van der Waals surface area contributed by atoms with E-state index >= 15 is 0 Å². The second-order valence-electron chi connectivity index (χ2n) is 6.84. The van der Waals surface area contributed by atoms with E-state index in [1.54, 1.807) is 18.4 Å². The summed E-state index contributed by atoms with van der Waals surface area (Å²) in [5, 5.41) is 9.95. The smallest absolute Gasteiger partial charge is 0.191 e. The van der Waals surface area contributed by atoms with Crippen LogP contribution >= 0.6 is 35.3 Å². The van der Waals surface area contributed by atoms with Crippen molar-refractivity contribution in [1.29, 1.82) is 0 Å². The predicted octanol–water partition coefficient (Wildman–Crippen LogP) is 4.15. The van der Waals surface area contributed by atoms with Gasteiger partial charge in [0.1, 0.15) is 5.75 Å². The predicted molar refractivity (Wildman–Crippen MR) is 126 cm³/mol. The maximum Gasteiger partial charge on any atom is 0.191 e. The van der Waals surface area contributed by atoms with Gasteiger partial charge in [-0.2, -0.15) is 0 Å². The largest absolute Gasteiger partial charge is 0.497 e. The van der Waals surface area contributed by atoms with Crippen molar-refractivity contribution in [2.45, 2.75) is 39.5 Å². The number of rotatable bonds is 8. The van der Waals surface area contributed by atoms with Gasteiger partial charge < -0.3 is 15.4 Å². The Morgan fingerprint density at radius 2 is 1.93 bits per heavy atom. The maximum atomic E-state index is 5.24. The summed E-state index contributed by atoms with van der Waals surface area (Å²) in [6.07, 6.45) is 0.899. The van der Waals surface area contributed by atoms with Crippen LogP contribution in [0.2, 0.25) is 0 Å². The second kappa shape index (κ2) is 11.5. The van der Waals surface area contributed by atoms with Crippen molar-refractivity contribution in [2.24, 2.45) is 4.99 Å². The Hall–Kier alpha value is -1.35. The van der Waals surface area contributed by atoms with Gasteiger partial charge in [0.25, 0.3) is 0 Å². The average molecular weight is 502 g/mol. The summed E-state index contributed by atoms with van der Waals surface area (Å²) in [6.45, 7) is 10.9. The molecular formula is C20H31IN4OS. The van der Waals surface area contributed by atoms with Crippen molar-refractivity contribution in [2.75, 3.05) is 26.7 Å². The first-order valence-corrected chi connectivity index (χ1v) is 9.90. The molecular weight excluding hydrogens is 471 g/mol. The molecule has 0 fully saturated rings. The number of methoxy groups -OCH3 is 1. The van der Waals surface area contributed by atoms with Crippen LogP contribution in [0.5, 0.6) is 5.75 Å². The van der Waals surface area contributed by atoms with Crippen LogP contribution < -0.4 is 15.4 Å². The highest BCUT2D eigenvalue weighted by molar-refractivity contribution is 14.0. The Labute approximate surface area is 184 Å². The topological polar surface area (TPSA) is 58.5 Å². The number of thiazole rings is 1. The number of halogens is 1. The maximum absolute atomic E-state index is 5.24. The number of nitrogens with zero attached hydrogens (tertiary/aromatic N) is 2. The van der Waals surface area contributed by atoms with Crippen molar-refractivity contribution in [3.63, 3.8) is 0 Å². The number of hydrogen-bond acceptors (Lipinski definition) is 4. The average Bonchev–Trinajstić information content (AvgIpc) is 3.05. The molecule has 0 amide bonds. The molecule has 0 bridgehead atoms. The van der Waals surface area contributed by atoms with Gasteiger partial charge in [0.05, 0.1) is 24.4 Å². The molecule has 0 saturated heterocycles. The Morgan fingerprint density at radius 1 is 1.22 bits per heavy atom. The molecule has 0 aliphatic rings. The molecule has 7 heteroatoms. The number of hydrogen-bond donors (Lipinski definition) is 2. The lowest BCUT2D eigenvalue weighted by molar-refractivity contribution is 0.414. The highest BCUT2D eigenvalue weighted by Gasteiger charge is 2.20. The number of aryl methyl sites for hydroxylation is 1. The zero-order valence-corrected chi connectivity index (χ0v) is 20.0. The van der Waals surface area contributed by atoms with Gasteiger partial charge in [0.15, 0.2) is 5.96 Å². The summed E-state index contributed by atoms with van der Waals surface area (Å²) >= 11 is 1.69. The quantitative estimate of drug-likeness (QED) is 0.324. The summed E-state index contributed by atoms with van der Waals surface area (Å²) in [6, 6.07) is 8.22. The first kappa shape index (κ1) is 23.7. The highest BCUT2D eigenvalue weighted by Crippen LogP contribution is 2.25. The van der Waals surface area contributed by atoms with E-state index < -0.39 is 0 Å². The fourth-order valence-corrected chi connectivity index (χ4v) is 3.23. The monoisotopic (exact) mass is 502 g/mol. The molecule has 1 aromatic carbocycles. The van der Waals surface area contributed by atoms with Gasteiger partial charge in [-0.1, -0.05) is 26.0 Å². The fraction of sp³-hybridized carbons (Fsp3) is 0.500. The lowest BCUT2D eigenvalue weighted by Crippen LogP contribution is -2.39. The lowest BCUT2D eigenvalue weighted by atomic mass is 9.85. The van der Waals surface area contributed by atoms with Crippen molar-refractivity contribution in [3.05, 3.63) is 45.9 Å². The molecule has 0 aliphatic heterocycles. The van der Waals surface area contributed by atoms with Crippen LogP contribution in [-0.2, 0) is 11.8 Å². The van der Waals surface area contributed by atoms with Crippen LogP contribution in [0.15, 0.2) is 34.6 Å². The fourth-order valence-electron chi connectivity index (χ4n) is 2.58. The van der Waals surface area contributed by atoms with Crippen LogP contribution in [0.3, 0.4) is 0 Å². The van der Waals surface area contributed by atoms with Crippen LogP contribution in [0.25, 0.3) is 0 Å². The van der Waals surface area contributed by atoms with E-state index in [4.69, 9.17) is 9.73 Å². The van der Waals surface area contributed by atoms with Crippen molar-refractivity contribution < 1.29 is 4.74 Å². The standard InChI is InChI=1S/C20H30N4OS.HI/c1-6-21-19(22-12-11-17-13-26-15(2)24-17)23-14-20(3,4)16-7-9-18(25-5)10-8-16;/h7-10,13H,6,11-12,14H2,1-5H3,(H2,21,22,23);1H. The zero-order valence-electron chi connectivity index (χ0n) is 16.8. The van der Waals surface area contributed by atoms with Crippen molar-refractivity contribution in [3.8, 4) is 5.75 Å². The number of ether oxygens (including phenoxy) is 1. The Kier molecular flexibility index (Phi) is 10.1. The van der Waals surface area contributed by atoms with Crippen LogP contribution in [0, 0.1) is 6.92 Å². The van der Waals surface area contributed by atoms with E-state index in [1.165, 1.54) is 5.56 Å². The van der Waals surface area contributed by atoms with Crippen LogP contribution in [0.1, 0.15) is 37.0 Å². The Bertz CT molecular complexity index is 713. The summed E-state index contributed by atoms with van der Waals surface area (Å²) in [5.41, 5.74) is 2.32. The van der Waals surface area contributed by atoms with Gasteiger partial charge in [-0.15, -0.1) is 35.3 Å². The van der Waals surface area contributed by atoms with Gasteiger partial charge in [0.2, 0.25) is 0 Å². The first-order valence-electron chi connectivity index (χ1n) is 9.02. The third-order valence-electron chi connectivity index (χ3n) is 4.19. The molecule has 0 spiro atoms. The second-order valence-corrected chi connectivity index (χ2v) is 7.90. The Balaban J connectivity index is 0.00000364. The molecule has 27 heavy (non-hydrogen) atoms. The number of benzene rings is 1. The lowest BCUT2D eigenvalue weighted by Gasteiger charge is -2.24. The summed E-state index contributed by atoms with van der Waals surface area (Å²) < 4.78 is 5.24. The van der Waals surface area contributed by atoms with E-state index in [1.807, 2.05) is 19.1 Å². The molecule has 0 radical (unpaired) electrons. The normalized spacial score (nSPS) is 11.7. The number of guanidine groups is 1. The van der Waals surface area contributed by atoms with Gasteiger partial charge in [0, 0.05) is 30.3 Å². The molecule has 0 atom stereocenters. The van der Waals surface area contributed by atoms with Crippen molar-refractivity contribution >= 4 is 41.3 Å². The molecule has 150 valence electrons. The molecule has 0 aliphatic carbocycles. The molecule has 2 N–H and O–H groups in total. The molecule has 2 aromatic rings. The summed E-state index contributed by atoms with van der Waals surface area (Å²) in [7, 11) is 1.69. The zero-order chi connectivity index (χ0) is 19.0. The van der Waals surface area contributed by atoms with Crippen molar-refractivity contribution in [1.82, 2.24) is 15.6 Å². The minimum absolute atomic E-state index is 0. The van der Waals surface area contributed by atoms with Crippen LogP contribution in [0.4, 0.5) is 0 Å². The minimum atomic E-state index is -0.0549. The molecule has 0 saturated carbocycles. The molecule has 5 nitrogen and oxygen atoms in total. The van der Waals surface area contributed by atoms with Gasteiger partial charge >= 0.3 is 0 Å². The summed E-state index contributed by atoms with van der Waals surface area (Å²) in [5.74, 6) is 1.72. The van der Waals surface area contributed by atoms with E-state index in [0.29, 0.717) is 6.54 Å².